The van der Waals surface area contributed by atoms with Gasteiger partial charge in [-0.05, 0) is 37.5 Å². The van der Waals surface area contributed by atoms with Crippen molar-refractivity contribution < 1.29 is 23.1 Å². The first kappa shape index (κ1) is 20.3. The molecule has 1 aliphatic rings. The summed E-state index contributed by atoms with van der Waals surface area (Å²) >= 11 is 0. The highest BCUT2D eigenvalue weighted by Gasteiger charge is 2.29. The van der Waals surface area contributed by atoms with E-state index < -0.39 is 17.5 Å². The lowest BCUT2D eigenvalue weighted by molar-refractivity contribution is -0.150. The Hall–Kier alpha value is -1.98. The van der Waals surface area contributed by atoms with E-state index in [4.69, 9.17) is 4.74 Å². The van der Waals surface area contributed by atoms with Gasteiger partial charge in [-0.2, -0.15) is 0 Å². The Morgan fingerprint density at radius 2 is 1.81 bits per heavy atom. The lowest BCUT2D eigenvalue weighted by atomic mass is 9.96. The van der Waals surface area contributed by atoms with Crippen LogP contribution in [-0.4, -0.2) is 36.5 Å². The van der Waals surface area contributed by atoms with Crippen LogP contribution in [0, 0.1) is 17.6 Å². The molecule has 0 aliphatic carbocycles. The van der Waals surface area contributed by atoms with Crippen LogP contribution < -0.4 is 0 Å². The Balaban J connectivity index is 1.75. The highest BCUT2D eigenvalue weighted by atomic mass is 19.1. The normalized spacial score (nSPS) is 15.1. The molecule has 144 valence electrons. The van der Waals surface area contributed by atoms with E-state index >= 15 is 0 Å². The first-order valence-electron chi connectivity index (χ1n) is 9.44. The molecule has 0 bridgehead atoms. The van der Waals surface area contributed by atoms with E-state index in [1.54, 1.807) is 0 Å². The van der Waals surface area contributed by atoms with Crippen molar-refractivity contribution in [3.63, 3.8) is 0 Å². The van der Waals surface area contributed by atoms with Crippen LogP contribution in [0.1, 0.15) is 62.2 Å². The first-order chi connectivity index (χ1) is 12.5. The van der Waals surface area contributed by atoms with Crippen LogP contribution >= 0.6 is 0 Å². The SMILES string of the molecule is CCCCCCCOC(=O)C1CCN(C(=O)c2cc(F)ccc2F)CC1. The Morgan fingerprint density at radius 3 is 2.50 bits per heavy atom. The Morgan fingerprint density at radius 1 is 1.12 bits per heavy atom. The fraction of sp³-hybridized carbons (Fsp3) is 0.600. The third-order valence-corrected chi connectivity index (χ3v) is 4.77. The number of halogens is 2. The van der Waals surface area contributed by atoms with Crippen molar-refractivity contribution in [3.05, 3.63) is 35.4 Å². The monoisotopic (exact) mass is 367 g/mol. The molecule has 0 N–H and O–H groups in total. The van der Waals surface area contributed by atoms with Gasteiger partial charge in [-0.3, -0.25) is 9.59 Å². The summed E-state index contributed by atoms with van der Waals surface area (Å²) < 4.78 is 32.3. The van der Waals surface area contributed by atoms with Crippen LogP contribution in [0.2, 0.25) is 0 Å². The molecule has 4 nitrogen and oxygen atoms in total. The van der Waals surface area contributed by atoms with Crippen molar-refractivity contribution in [1.82, 2.24) is 4.90 Å². The number of benzene rings is 1. The van der Waals surface area contributed by atoms with E-state index in [1.807, 2.05) is 0 Å². The topological polar surface area (TPSA) is 46.6 Å². The predicted octanol–water partition coefficient (Wildman–Crippen LogP) is 4.33. The van der Waals surface area contributed by atoms with Crippen LogP contribution in [0.25, 0.3) is 0 Å². The number of hydrogen-bond donors (Lipinski definition) is 0. The summed E-state index contributed by atoms with van der Waals surface area (Å²) in [5, 5.41) is 0. The van der Waals surface area contributed by atoms with Gasteiger partial charge in [-0.25, -0.2) is 8.78 Å². The van der Waals surface area contributed by atoms with Crippen molar-refractivity contribution in [2.45, 2.75) is 51.9 Å². The molecule has 1 aromatic rings. The summed E-state index contributed by atoms with van der Waals surface area (Å²) in [4.78, 5) is 25.9. The lowest BCUT2D eigenvalue weighted by Crippen LogP contribution is -2.41. The zero-order chi connectivity index (χ0) is 18.9. The van der Waals surface area contributed by atoms with E-state index in [9.17, 15) is 18.4 Å². The predicted molar refractivity (Wildman–Crippen MR) is 94.7 cm³/mol. The van der Waals surface area contributed by atoms with E-state index in [0.717, 1.165) is 37.5 Å². The second kappa shape index (κ2) is 10.2. The maximum atomic E-state index is 13.7. The molecule has 0 radical (unpaired) electrons. The third kappa shape index (κ3) is 5.78. The zero-order valence-corrected chi connectivity index (χ0v) is 15.3. The number of carbonyl (C=O) groups is 2. The van der Waals surface area contributed by atoms with Crippen LogP contribution in [-0.2, 0) is 9.53 Å². The summed E-state index contributed by atoms with van der Waals surface area (Å²) in [7, 11) is 0. The van der Waals surface area contributed by atoms with Gasteiger partial charge in [0.05, 0.1) is 18.1 Å². The number of carbonyl (C=O) groups excluding carboxylic acids is 2. The minimum atomic E-state index is -0.735. The molecule has 1 aromatic carbocycles. The maximum absolute atomic E-state index is 13.7. The zero-order valence-electron chi connectivity index (χ0n) is 15.3. The van der Waals surface area contributed by atoms with Gasteiger partial charge in [-0.15, -0.1) is 0 Å². The van der Waals surface area contributed by atoms with Gasteiger partial charge in [0.2, 0.25) is 0 Å². The minimum Gasteiger partial charge on any atom is -0.465 e. The molecule has 0 spiro atoms. The second-order valence-electron chi connectivity index (χ2n) is 6.77. The van der Waals surface area contributed by atoms with Crippen molar-refractivity contribution in [2.75, 3.05) is 19.7 Å². The Bertz CT molecular complexity index is 613. The van der Waals surface area contributed by atoms with E-state index in [2.05, 4.69) is 6.92 Å². The van der Waals surface area contributed by atoms with Crippen LogP contribution in [0.15, 0.2) is 18.2 Å². The molecular formula is C20H27F2NO3. The number of likely N-dealkylation sites (tertiary alicyclic amines) is 1. The largest absolute Gasteiger partial charge is 0.465 e. The average molecular weight is 367 g/mol. The molecule has 0 atom stereocenters. The number of piperidine rings is 1. The highest BCUT2D eigenvalue weighted by molar-refractivity contribution is 5.94. The van der Waals surface area contributed by atoms with E-state index in [0.29, 0.717) is 32.5 Å². The quantitative estimate of drug-likeness (QED) is 0.507. The third-order valence-electron chi connectivity index (χ3n) is 4.77. The number of amides is 1. The number of ether oxygens (including phenoxy) is 1. The average Bonchev–Trinajstić information content (AvgIpc) is 2.66. The summed E-state index contributed by atoms with van der Waals surface area (Å²) in [5.74, 6) is -2.37. The highest BCUT2D eigenvalue weighted by Crippen LogP contribution is 2.22. The van der Waals surface area contributed by atoms with Gasteiger partial charge in [0.1, 0.15) is 11.6 Å². The molecule has 2 rings (SSSR count). The molecule has 0 unspecified atom stereocenters. The van der Waals surface area contributed by atoms with Crippen LogP contribution in [0.4, 0.5) is 8.78 Å². The fourth-order valence-electron chi connectivity index (χ4n) is 3.15. The summed E-state index contributed by atoms with van der Waals surface area (Å²) in [6.07, 6.45) is 6.44. The smallest absolute Gasteiger partial charge is 0.309 e. The molecule has 1 heterocycles. The van der Waals surface area contributed by atoms with Crippen molar-refractivity contribution in [2.24, 2.45) is 5.92 Å². The number of unbranched alkanes of at least 4 members (excludes halogenated alkanes) is 4. The molecule has 0 aromatic heterocycles. The van der Waals surface area contributed by atoms with Gasteiger partial charge in [0, 0.05) is 13.1 Å². The van der Waals surface area contributed by atoms with Crippen LogP contribution in [0.5, 0.6) is 0 Å². The summed E-state index contributed by atoms with van der Waals surface area (Å²) in [5.41, 5.74) is -0.266. The molecule has 1 saturated heterocycles. The number of nitrogens with zero attached hydrogens (tertiary/aromatic N) is 1. The molecule has 1 amide bonds. The summed E-state index contributed by atoms with van der Waals surface area (Å²) in [6, 6.07) is 2.85. The maximum Gasteiger partial charge on any atom is 0.309 e. The van der Waals surface area contributed by atoms with Gasteiger partial charge in [0.15, 0.2) is 0 Å². The van der Waals surface area contributed by atoms with Crippen molar-refractivity contribution in [1.29, 1.82) is 0 Å². The first-order valence-corrected chi connectivity index (χ1v) is 9.44. The van der Waals surface area contributed by atoms with Gasteiger partial charge in [-0.1, -0.05) is 32.6 Å². The van der Waals surface area contributed by atoms with Gasteiger partial charge < -0.3 is 9.64 Å². The Kier molecular flexibility index (Phi) is 8.01. The van der Waals surface area contributed by atoms with Crippen molar-refractivity contribution >= 4 is 11.9 Å². The number of rotatable bonds is 8. The Labute approximate surface area is 153 Å². The molecule has 1 fully saturated rings. The molecule has 1 aliphatic heterocycles. The van der Waals surface area contributed by atoms with Crippen LogP contribution in [0.3, 0.4) is 0 Å². The minimum absolute atomic E-state index is 0.218. The van der Waals surface area contributed by atoms with Crippen molar-refractivity contribution in [3.8, 4) is 0 Å². The summed E-state index contributed by atoms with van der Waals surface area (Å²) in [6.45, 7) is 3.27. The van der Waals surface area contributed by atoms with E-state index in [-0.39, 0.29) is 17.5 Å². The number of hydrogen-bond acceptors (Lipinski definition) is 3. The van der Waals surface area contributed by atoms with E-state index in [1.165, 1.54) is 17.7 Å². The van der Waals surface area contributed by atoms with Gasteiger partial charge in [0.25, 0.3) is 5.91 Å². The standard InChI is InChI=1S/C20H27F2NO3/c1-2-3-4-5-6-13-26-20(25)15-9-11-23(12-10-15)19(24)17-14-16(21)7-8-18(17)22/h7-8,14-15H,2-6,9-13H2,1H3. The fourth-order valence-corrected chi connectivity index (χ4v) is 3.15. The molecule has 0 saturated carbocycles. The molecule has 26 heavy (non-hydrogen) atoms. The molecular weight excluding hydrogens is 340 g/mol. The number of esters is 1. The lowest BCUT2D eigenvalue weighted by Gasteiger charge is -2.31. The van der Waals surface area contributed by atoms with Gasteiger partial charge >= 0.3 is 5.97 Å². The second-order valence-corrected chi connectivity index (χ2v) is 6.77. The molecule has 6 heteroatoms.